The Morgan fingerprint density at radius 1 is 0.950 bits per heavy atom. The van der Waals surface area contributed by atoms with Crippen molar-refractivity contribution in [3.05, 3.63) is 0 Å². The predicted molar refractivity (Wildman–Crippen MR) is 90.1 cm³/mol. The summed E-state index contributed by atoms with van der Waals surface area (Å²) in [6.07, 6.45) is 0.933. The summed E-state index contributed by atoms with van der Waals surface area (Å²) in [4.78, 5) is 6.38. The van der Waals surface area contributed by atoms with Crippen molar-refractivity contribution in [3.63, 3.8) is 0 Å². The maximum atomic E-state index is 6.13. The molecule has 0 bridgehead atoms. The van der Waals surface area contributed by atoms with Gasteiger partial charge in [-0.3, -0.25) is 14.7 Å². The van der Waals surface area contributed by atoms with Gasteiger partial charge in [0.05, 0.1) is 0 Å². The third-order valence-electron chi connectivity index (χ3n) is 3.14. The van der Waals surface area contributed by atoms with Crippen LogP contribution in [0.1, 0.15) is 13.3 Å². The van der Waals surface area contributed by atoms with Gasteiger partial charge in [0, 0.05) is 0 Å². The molecule has 0 spiro atoms. The van der Waals surface area contributed by atoms with Crippen LogP contribution in [0.25, 0.3) is 0 Å². The zero-order valence-electron chi connectivity index (χ0n) is 15.0. The van der Waals surface area contributed by atoms with Crippen molar-refractivity contribution in [2.24, 2.45) is 0 Å². The summed E-state index contributed by atoms with van der Waals surface area (Å²) in [7, 11) is 10.7. The molecule has 0 aromatic rings. The van der Waals surface area contributed by atoms with Crippen molar-refractivity contribution in [2.45, 2.75) is 44.9 Å². The van der Waals surface area contributed by atoms with Crippen molar-refractivity contribution in [3.8, 4) is 11.8 Å². The molecule has 0 aromatic carbocycles. The van der Waals surface area contributed by atoms with Crippen molar-refractivity contribution in [1.29, 1.82) is 0 Å². The van der Waals surface area contributed by atoms with Gasteiger partial charge >= 0.3 is 0 Å². The molecule has 0 heterocycles. The normalized spacial score (nSPS) is 14.7. The van der Waals surface area contributed by atoms with Crippen LogP contribution in [-0.2, 0) is 4.43 Å². The Balaban J connectivity index is 5.42. The second-order valence-electron chi connectivity index (χ2n) is 6.72. The molecule has 0 saturated carbocycles. The van der Waals surface area contributed by atoms with Crippen LogP contribution in [0.3, 0.4) is 0 Å². The first-order valence-corrected chi connectivity index (χ1v) is 10.6. The SMILES string of the molecule is CCC(C#CC(N(C)C)(N(C)C)N(C)C)O[Si](C)(C)C. The van der Waals surface area contributed by atoms with Gasteiger partial charge in [0.2, 0.25) is 0 Å². The lowest BCUT2D eigenvalue weighted by Crippen LogP contribution is -2.63. The van der Waals surface area contributed by atoms with Gasteiger partial charge in [-0.05, 0) is 74.3 Å². The van der Waals surface area contributed by atoms with E-state index in [4.69, 9.17) is 4.43 Å². The zero-order valence-corrected chi connectivity index (χ0v) is 16.0. The average Bonchev–Trinajstić information content (AvgIpc) is 2.24. The van der Waals surface area contributed by atoms with E-state index >= 15 is 0 Å². The molecule has 1 atom stereocenters. The predicted octanol–water partition coefficient (Wildman–Crippen LogP) is 1.96. The summed E-state index contributed by atoms with van der Waals surface area (Å²) in [5, 5.41) is 0. The van der Waals surface area contributed by atoms with Gasteiger partial charge in [-0.25, -0.2) is 0 Å². The topological polar surface area (TPSA) is 19.0 Å². The first kappa shape index (κ1) is 19.6. The van der Waals surface area contributed by atoms with E-state index in [2.05, 4.69) is 95.4 Å². The smallest absolute Gasteiger partial charge is 0.194 e. The molecular formula is C15H33N3OSi. The van der Waals surface area contributed by atoms with Crippen molar-refractivity contribution in [2.75, 3.05) is 42.3 Å². The van der Waals surface area contributed by atoms with Crippen LogP contribution in [0.4, 0.5) is 0 Å². The van der Waals surface area contributed by atoms with Gasteiger partial charge in [0.15, 0.2) is 14.1 Å². The van der Waals surface area contributed by atoms with Gasteiger partial charge in [-0.1, -0.05) is 12.8 Å². The summed E-state index contributed by atoms with van der Waals surface area (Å²) in [5.41, 5.74) is 0. The van der Waals surface area contributed by atoms with Gasteiger partial charge in [0.25, 0.3) is 0 Å². The summed E-state index contributed by atoms with van der Waals surface area (Å²) < 4.78 is 6.13. The van der Waals surface area contributed by atoms with Crippen LogP contribution < -0.4 is 0 Å². The minimum Gasteiger partial charge on any atom is -0.404 e. The third kappa shape index (κ3) is 5.19. The van der Waals surface area contributed by atoms with E-state index in [0.717, 1.165) is 6.42 Å². The van der Waals surface area contributed by atoms with Gasteiger partial charge in [-0.2, -0.15) is 0 Å². The molecule has 0 amide bonds. The van der Waals surface area contributed by atoms with E-state index in [0.29, 0.717) is 0 Å². The maximum absolute atomic E-state index is 6.13. The molecule has 0 rings (SSSR count). The van der Waals surface area contributed by atoms with Gasteiger partial charge < -0.3 is 4.43 Å². The van der Waals surface area contributed by atoms with Crippen LogP contribution in [0.2, 0.25) is 19.6 Å². The minimum absolute atomic E-state index is 0.0147. The molecule has 0 aromatic heterocycles. The molecule has 0 aliphatic rings. The molecular weight excluding hydrogens is 266 g/mol. The molecule has 0 N–H and O–H groups in total. The summed E-state index contributed by atoms with van der Waals surface area (Å²) in [5.74, 6) is 6.36. The Bertz CT molecular complexity index is 329. The van der Waals surface area contributed by atoms with E-state index < -0.39 is 14.1 Å². The Morgan fingerprint density at radius 2 is 1.35 bits per heavy atom. The highest BCUT2D eigenvalue weighted by Gasteiger charge is 2.36. The first-order chi connectivity index (χ1) is 8.97. The van der Waals surface area contributed by atoms with Crippen LogP contribution in [0, 0.1) is 11.8 Å². The lowest BCUT2D eigenvalue weighted by Gasteiger charge is -2.45. The molecule has 0 aliphatic carbocycles. The highest BCUT2D eigenvalue weighted by Crippen LogP contribution is 2.18. The number of hydrogen-bond donors (Lipinski definition) is 0. The Labute approximate surface area is 127 Å². The van der Waals surface area contributed by atoms with Gasteiger partial charge in [-0.15, -0.1) is 0 Å². The van der Waals surface area contributed by atoms with Crippen molar-refractivity contribution in [1.82, 2.24) is 14.7 Å². The zero-order chi connectivity index (χ0) is 16.1. The largest absolute Gasteiger partial charge is 0.404 e. The first-order valence-electron chi connectivity index (χ1n) is 7.20. The molecule has 1 unspecified atom stereocenters. The second-order valence-corrected chi connectivity index (χ2v) is 11.2. The highest BCUT2D eigenvalue weighted by molar-refractivity contribution is 6.69. The van der Waals surface area contributed by atoms with E-state index in [1.165, 1.54) is 0 Å². The van der Waals surface area contributed by atoms with Crippen LogP contribution >= 0.6 is 0 Å². The maximum Gasteiger partial charge on any atom is 0.194 e. The molecule has 0 aliphatic heterocycles. The molecule has 4 nitrogen and oxygen atoms in total. The monoisotopic (exact) mass is 299 g/mol. The molecule has 0 saturated heterocycles. The lowest BCUT2D eigenvalue weighted by atomic mass is 10.2. The number of nitrogens with zero attached hydrogens (tertiary/aromatic N) is 3. The summed E-state index contributed by atoms with van der Waals surface area (Å²) in [6.45, 7) is 8.74. The van der Waals surface area contributed by atoms with E-state index in [1.807, 2.05) is 0 Å². The molecule has 0 radical (unpaired) electrons. The Hall–Kier alpha value is -0.383. The summed E-state index contributed by atoms with van der Waals surface area (Å²) in [6, 6.07) is 0. The van der Waals surface area contributed by atoms with E-state index in [1.54, 1.807) is 0 Å². The quantitative estimate of drug-likeness (QED) is 0.424. The summed E-state index contributed by atoms with van der Waals surface area (Å²) >= 11 is 0. The Kier molecular flexibility index (Phi) is 7.43. The second kappa shape index (κ2) is 7.58. The van der Waals surface area contributed by atoms with Crippen LogP contribution in [0.15, 0.2) is 0 Å². The van der Waals surface area contributed by atoms with Crippen molar-refractivity contribution < 1.29 is 4.43 Å². The lowest BCUT2D eigenvalue weighted by molar-refractivity contribution is -0.0572. The molecule has 0 fully saturated rings. The minimum atomic E-state index is -1.56. The Morgan fingerprint density at radius 3 is 1.60 bits per heavy atom. The fourth-order valence-electron chi connectivity index (χ4n) is 2.35. The standard InChI is InChI=1S/C15H33N3OSi/c1-11-14(19-20(8,9)10)12-13-15(16(2)3,17(4)5)18(6)7/h14H,11H2,1-10H3. The average molecular weight is 300 g/mol. The van der Waals surface area contributed by atoms with Crippen LogP contribution in [0.5, 0.6) is 0 Å². The number of rotatable bonds is 6. The molecule has 5 heteroatoms. The fourth-order valence-corrected chi connectivity index (χ4v) is 3.43. The van der Waals surface area contributed by atoms with Gasteiger partial charge in [0.1, 0.15) is 6.10 Å². The molecule has 20 heavy (non-hydrogen) atoms. The fraction of sp³-hybridized carbons (Fsp3) is 0.867. The molecule has 118 valence electrons. The number of hydrogen-bond acceptors (Lipinski definition) is 4. The van der Waals surface area contributed by atoms with E-state index in [-0.39, 0.29) is 6.10 Å². The van der Waals surface area contributed by atoms with Crippen molar-refractivity contribution >= 4 is 8.32 Å². The highest BCUT2D eigenvalue weighted by atomic mass is 28.4. The van der Waals surface area contributed by atoms with Crippen LogP contribution in [-0.4, -0.2) is 77.2 Å². The van der Waals surface area contributed by atoms with E-state index in [9.17, 15) is 0 Å². The third-order valence-corrected chi connectivity index (χ3v) is 4.13.